The van der Waals surface area contributed by atoms with Crippen LogP contribution in [0.1, 0.15) is 89.2 Å². The number of benzene rings is 1. The van der Waals surface area contributed by atoms with Crippen LogP contribution in [-0.2, 0) is 4.74 Å². The van der Waals surface area contributed by atoms with Gasteiger partial charge in [0.25, 0.3) is 0 Å². The minimum atomic E-state index is -0.191. The molecule has 1 aromatic rings. The molecule has 1 aliphatic carbocycles. The van der Waals surface area contributed by atoms with Crippen LogP contribution in [0.4, 0.5) is 0 Å². The highest BCUT2D eigenvalue weighted by Gasteiger charge is 2.45. The highest BCUT2D eigenvalue weighted by atomic mass is 16.5. The second-order valence-electron chi connectivity index (χ2n) is 9.42. The SMILES string of the molecule is COC1CCC(c2ccc(C3CC(C)(C)N(O)C(C)(C)C3)cc2)CC1. The zero-order valence-corrected chi connectivity index (χ0v) is 16.6. The molecule has 0 aromatic heterocycles. The zero-order valence-electron chi connectivity index (χ0n) is 16.6. The van der Waals surface area contributed by atoms with Gasteiger partial charge < -0.3 is 9.94 Å². The standard InChI is InChI=1S/C22H35NO2/c1-21(2)14-19(15-22(3,4)23(21)24)18-8-6-16(7-9-18)17-10-12-20(25-5)13-11-17/h6-9,17,19-20,24H,10-15H2,1-5H3. The second-order valence-corrected chi connectivity index (χ2v) is 9.42. The van der Waals surface area contributed by atoms with Crippen LogP contribution in [0.15, 0.2) is 24.3 Å². The third kappa shape index (κ3) is 3.94. The first-order chi connectivity index (χ1) is 11.7. The second kappa shape index (κ2) is 7.02. The summed E-state index contributed by atoms with van der Waals surface area (Å²) in [5.74, 6) is 1.19. The van der Waals surface area contributed by atoms with Crippen molar-refractivity contribution in [2.75, 3.05) is 7.11 Å². The molecule has 0 atom stereocenters. The van der Waals surface area contributed by atoms with Crippen LogP contribution in [0.3, 0.4) is 0 Å². The van der Waals surface area contributed by atoms with Gasteiger partial charge in [0.15, 0.2) is 0 Å². The summed E-state index contributed by atoms with van der Waals surface area (Å²) in [5, 5.41) is 12.1. The van der Waals surface area contributed by atoms with Gasteiger partial charge in [-0.05, 0) is 89.2 Å². The van der Waals surface area contributed by atoms with E-state index in [1.165, 1.54) is 36.8 Å². The van der Waals surface area contributed by atoms with Crippen LogP contribution in [-0.4, -0.2) is 34.6 Å². The highest BCUT2D eigenvalue weighted by Crippen LogP contribution is 2.45. The summed E-state index contributed by atoms with van der Waals surface area (Å²) in [4.78, 5) is 0. The van der Waals surface area contributed by atoms with Crippen LogP contribution < -0.4 is 0 Å². The third-order valence-corrected chi connectivity index (χ3v) is 6.53. The number of hydrogen-bond donors (Lipinski definition) is 1. The van der Waals surface area contributed by atoms with E-state index in [9.17, 15) is 5.21 Å². The fraction of sp³-hybridized carbons (Fsp3) is 0.727. The molecule has 1 saturated heterocycles. The Morgan fingerprint density at radius 1 is 0.840 bits per heavy atom. The van der Waals surface area contributed by atoms with E-state index >= 15 is 0 Å². The first-order valence-electron chi connectivity index (χ1n) is 9.85. The molecular formula is C22H35NO2. The minimum Gasteiger partial charge on any atom is -0.381 e. The summed E-state index contributed by atoms with van der Waals surface area (Å²) < 4.78 is 5.50. The Morgan fingerprint density at radius 2 is 1.28 bits per heavy atom. The van der Waals surface area contributed by atoms with Gasteiger partial charge in [0.1, 0.15) is 0 Å². The van der Waals surface area contributed by atoms with E-state index in [2.05, 4.69) is 52.0 Å². The van der Waals surface area contributed by atoms with Crippen LogP contribution in [0, 0.1) is 0 Å². The predicted molar refractivity (Wildman–Crippen MR) is 102 cm³/mol. The van der Waals surface area contributed by atoms with Gasteiger partial charge in [-0.3, -0.25) is 0 Å². The van der Waals surface area contributed by atoms with Crippen molar-refractivity contribution < 1.29 is 9.94 Å². The lowest BCUT2D eigenvalue weighted by Crippen LogP contribution is -2.58. The van der Waals surface area contributed by atoms with Gasteiger partial charge in [0.2, 0.25) is 0 Å². The van der Waals surface area contributed by atoms with Gasteiger partial charge in [0, 0.05) is 18.2 Å². The lowest BCUT2D eigenvalue weighted by molar-refractivity contribution is -0.245. The van der Waals surface area contributed by atoms with E-state index in [0.29, 0.717) is 17.9 Å². The molecular weight excluding hydrogens is 310 g/mol. The largest absolute Gasteiger partial charge is 0.381 e. The van der Waals surface area contributed by atoms with Crippen molar-refractivity contribution in [1.82, 2.24) is 5.06 Å². The molecule has 3 nitrogen and oxygen atoms in total. The van der Waals surface area contributed by atoms with Crippen LogP contribution in [0.5, 0.6) is 0 Å². The molecule has 1 aromatic carbocycles. The molecule has 25 heavy (non-hydrogen) atoms. The molecule has 1 saturated carbocycles. The molecule has 0 radical (unpaired) electrons. The van der Waals surface area contributed by atoms with Crippen molar-refractivity contribution in [3.05, 3.63) is 35.4 Å². The number of methoxy groups -OCH3 is 1. The molecule has 0 spiro atoms. The molecule has 0 unspecified atom stereocenters. The molecule has 140 valence electrons. The van der Waals surface area contributed by atoms with Gasteiger partial charge in [-0.1, -0.05) is 24.3 Å². The molecule has 3 heteroatoms. The molecule has 1 N–H and O–H groups in total. The predicted octanol–water partition coefficient (Wildman–Crippen LogP) is 5.49. The van der Waals surface area contributed by atoms with E-state index in [1.807, 2.05) is 7.11 Å². The van der Waals surface area contributed by atoms with Crippen LogP contribution >= 0.6 is 0 Å². The lowest BCUT2D eigenvalue weighted by atomic mass is 9.72. The summed E-state index contributed by atoms with van der Waals surface area (Å²) in [7, 11) is 1.83. The van der Waals surface area contributed by atoms with Crippen molar-refractivity contribution in [3.8, 4) is 0 Å². The Balaban J connectivity index is 1.70. The minimum absolute atomic E-state index is 0.191. The average Bonchev–Trinajstić information content (AvgIpc) is 2.59. The van der Waals surface area contributed by atoms with Crippen molar-refractivity contribution in [2.24, 2.45) is 0 Å². The quantitative estimate of drug-likeness (QED) is 0.787. The fourth-order valence-corrected chi connectivity index (χ4v) is 5.18. The van der Waals surface area contributed by atoms with Crippen molar-refractivity contribution in [2.45, 2.75) is 95.2 Å². The lowest BCUT2D eigenvalue weighted by Gasteiger charge is -2.51. The molecule has 1 heterocycles. The van der Waals surface area contributed by atoms with Gasteiger partial charge in [-0.15, -0.1) is 0 Å². The van der Waals surface area contributed by atoms with E-state index < -0.39 is 0 Å². The maximum atomic E-state index is 10.5. The number of hydroxylamine groups is 2. The summed E-state index contributed by atoms with van der Waals surface area (Å²) in [6.45, 7) is 8.57. The van der Waals surface area contributed by atoms with E-state index in [-0.39, 0.29) is 11.1 Å². The number of rotatable bonds is 3. The summed E-state index contributed by atoms with van der Waals surface area (Å²) in [6, 6.07) is 9.36. The van der Waals surface area contributed by atoms with E-state index in [0.717, 1.165) is 12.8 Å². The van der Waals surface area contributed by atoms with Gasteiger partial charge in [-0.2, -0.15) is 5.06 Å². The van der Waals surface area contributed by atoms with Crippen LogP contribution in [0.25, 0.3) is 0 Å². The maximum Gasteiger partial charge on any atom is 0.0571 e. The Hall–Kier alpha value is -0.900. The topological polar surface area (TPSA) is 32.7 Å². The van der Waals surface area contributed by atoms with Crippen molar-refractivity contribution in [1.29, 1.82) is 0 Å². The molecule has 2 fully saturated rings. The van der Waals surface area contributed by atoms with Gasteiger partial charge in [0.05, 0.1) is 6.10 Å². The number of nitrogens with zero attached hydrogens (tertiary/aromatic N) is 1. The van der Waals surface area contributed by atoms with E-state index in [4.69, 9.17) is 4.74 Å². The first-order valence-corrected chi connectivity index (χ1v) is 9.85. The van der Waals surface area contributed by atoms with Gasteiger partial charge in [-0.25, -0.2) is 0 Å². The number of piperidine rings is 1. The Labute approximate surface area is 153 Å². The molecule has 2 aliphatic rings. The average molecular weight is 346 g/mol. The molecule has 3 rings (SSSR count). The number of ether oxygens (including phenoxy) is 1. The monoisotopic (exact) mass is 345 g/mol. The summed E-state index contributed by atoms with van der Waals surface area (Å²) in [5.41, 5.74) is 2.52. The van der Waals surface area contributed by atoms with Crippen molar-refractivity contribution >= 4 is 0 Å². The Kier molecular flexibility index (Phi) is 5.30. The first kappa shape index (κ1) is 18.9. The maximum absolute atomic E-state index is 10.5. The molecule has 0 amide bonds. The van der Waals surface area contributed by atoms with Gasteiger partial charge >= 0.3 is 0 Å². The molecule has 0 bridgehead atoms. The third-order valence-electron chi connectivity index (χ3n) is 6.53. The zero-order chi connectivity index (χ0) is 18.2. The number of hydrogen-bond acceptors (Lipinski definition) is 3. The Bertz CT molecular complexity index is 552. The summed E-state index contributed by atoms with van der Waals surface area (Å²) in [6.07, 6.45) is 7.28. The smallest absolute Gasteiger partial charge is 0.0571 e. The Morgan fingerprint density at radius 3 is 1.72 bits per heavy atom. The van der Waals surface area contributed by atoms with Crippen molar-refractivity contribution in [3.63, 3.8) is 0 Å². The fourth-order valence-electron chi connectivity index (χ4n) is 5.18. The summed E-state index contributed by atoms with van der Waals surface area (Å²) >= 11 is 0. The van der Waals surface area contributed by atoms with Crippen LogP contribution in [0.2, 0.25) is 0 Å². The van der Waals surface area contributed by atoms with E-state index in [1.54, 1.807) is 5.06 Å². The highest BCUT2D eigenvalue weighted by molar-refractivity contribution is 5.29. The normalized spacial score (nSPS) is 30.3. The molecule has 1 aliphatic heterocycles.